The fourth-order valence-electron chi connectivity index (χ4n) is 2.33. The summed E-state index contributed by atoms with van der Waals surface area (Å²) >= 11 is 0. The maximum Gasteiger partial charge on any atom is 0.303 e. The van der Waals surface area contributed by atoms with Crippen molar-refractivity contribution < 1.29 is 24.2 Å². The van der Waals surface area contributed by atoms with Crippen molar-refractivity contribution in [2.75, 3.05) is 6.61 Å². The normalized spacial score (nSPS) is 10.9. The van der Waals surface area contributed by atoms with Crippen LogP contribution in [-0.4, -0.2) is 29.6 Å². The van der Waals surface area contributed by atoms with Crippen LogP contribution in [0.15, 0.2) is 54.6 Å². The summed E-state index contributed by atoms with van der Waals surface area (Å²) in [5.41, 5.74) is 1.47. The first-order chi connectivity index (χ1) is 12.9. The molecule has 0 aliphatic rings. The third-order valence-electron chi connectivity index (χ3n) is 3.62. The molecular formula is C22H24O5. The zero-order chi connectivity index (χ0) is 19.6. The molecule has 0 radical (unpaired) electrons. The van der Waals surface area contributed by atoms with Gasteiger partial charge in [0, 0.05) is 12.0 Å². The average Bonchev–Trinajstić information content (AvgIpc) is 2.64. The Hall–Kier alpha value is -3.08. The van der Waals surface area contributed by atoms with Gasteiger partial charge >= 0.3 is 5.97 Å². The molecule has 0 aliphatic carbocycles. The Morgan fingerprint density at radius 3 is 2.22 bits per heavy atom. The van der Waals surface area contributed by atoms with Crippen molar-refractivity contribution in [3.05, 3.63) is 65.7 Å². The van der Waals surface area contributed by atoms with E-state index in [2.05, 4.69) is 0 Å². The summed E-state index contributed by atoms with van der Waals surface area (Å²) < 4.78 is 11.0. The van der Waals surface area contributed by atoms with E-state index in [9.17, 15) is 9.59 Å². The molecule has 5 heteroatoms. The molecule has 0 bridgehead atoms. The highest BCUT2D eigenvalue weighted by Gasteiger charge is 2.03. The van der Waals surface area contributed by atoms with Gasteiger partial charge in [0.25, 0.3) is 0 Å². The standard InChI is InChI=1S/C22H24O5/c1-16(2)27-20-10-5-17(6-11-20)7-14-21(23)18-8-12-19(13-9-18)26-15-3-4-22(24)25/h5-14,16H,3-4,15H2,1-2H3,(H,24,25)/b14-7+. The van der Waals surface area contributed by atoms with Crippen molar-refractivity contribution in [1.82, 2.24) is 0 Å². The number of carboxylic acid groups (broad SMARTS) is 1. The van der Waals surface area contributed by atoms with E-state index in [0.29, 0.717) is 24.3 Å². The number of carbonyl (C=O) groups is 2. The fraction of sp³-hybridized carbons (Fsp3) is 0.273. The summed E-state index contributed by atoms with van der Waals surface area (Å²) in [6.07, 6.45) is 3.93. The third kappa shape index (κ3) is 7.36. The van der Waals surface area contributed by atoms with Crippen LogP contribution in [0.3, 0.4) is 0 Å². The predicted octanol–water partition coefficient (Wildman–Crippen LogP) is 4.61. The Bertz CT molecular complexity index is 773. The van der Waals surface area contributed by atoms with E-state index in [1.165, 1.54) is 6.08 Å². The number of aliphatic carboxylic acids is 1. The summed E-state index contributed by atoms with van der Waals surface area (Å²) in [6.45, 7) is 4.27. The Labute approximate surface area is 159 Å². The van der Waals surface area contributed by atoms with Crippen LogP contribution in [0.25, 0.3) is 6.08 Å². The summed E-state index contributed by atoms with van der Waals surface area (Å²) in [7, 11) is 0. The van der Waals surface area contributed by atoms with Crippen molar-refractivity contribution in [1.29, 1.82) is 0 Å². The zero-order valence-electron chi connectivity index (χ0n) is 15.6. The van der Waals surface area contributed by atoms with Crippen LogP contribution in [0.1, 0.15) is 42.6 Å². The lowest BCUT2D eigenvalue weighted by Gasteiger charge is -2.09. The molecule has 2 rings (SSSR count). The lowest BCUT2D eigenvalue weighted by atomic mass is 10.1. The Kier molecular flexibility index (Phi) is 7.62. The van der Waals surface area contributed by atoms with Crippen molar-refractivity contribution in [2.24, 2.45) is 0 Å². The average molecular weight is 368 g/mol. The number of benzene rings is 2. The first-order valence-electron chi connectivity index (χ1n) is 8.88. The molecule has 0 unspecified atom stereocenters. The quantitative estimate of drug-likeness (QED) is 0.376. The van der Waals surface area contributed by atoms with Gasteiger partial charge < -0.3 is 14.6 Å². The molecule has 27 heavy (non-hydrogen) atoms. The first kappa shape index (κ1) is 20.2. The van der Waals surface area contributed by atoms with Crippen LogP contribution in [0.5, 0.6) is 11.5 Å². The number of allylic oxidation sites excluding steroid dienone is 1. The monoisotopic (exact) mass is 368 g/mol. The molecule has 0 amide bonds. The smallest absolute Gasteiger partial charge is 0.303 e. The number of ketones is 1. The maximum atomic E-state index is 12.3. The second-order valence-electron chi connectivity index (χ2n) is 6.30. The SMILES string of the molecule is CC(C)Oc1ccc(/C=C/C(=O)c2ccc(OCCCC(=O)O)cc2)cc1. The van der Waals surface area contributed by atoms with Crippen LogP contribution < -0.4 is 9.47 Å². The van der Waals surface area contributed by atoms with Crippen LogP contribution in [0.4, 0.5) is 0 Å². The number of ether oxygens (including phenoxy) is 2. The van der Waals surface area contributed by atoms with E-state index in [-0.39, 0.29) is 18.3 Å². The molecule has 0 spiro atoms. The van der Waals surface area contributed by atoms with Gasteiger partial charge in [-0.05, 0) is 68.3 Å². The van der Waals surface area contributed by atoms with Crippen molar-refractivity contribution >= 4 is 17.8 Å². The molecular weight excluding hydrogens is 344 g/mol. The van der Waals surface area contributed by atoms with Gasteiger partial charge in [0.15, 0.2) is 5.78 Å². The van der Waals surface area contributed by atoms with Crippen molar-refractivity contribution in [2.45, 2.75) is 32.8 Å². The molecule has 1 N–H and O–H groups in total. The van der Waals surface area contributed by atoms with Crippen molar-refractivity contribution in [3.63, 3.8) is 0 Å². The third-order valence-corrected chi connectivity index (χ3v) is 3.62. The lowest BCUT2D eigenvalue weighted by Crippen LogP contribution is -2.05. The molecule has 0 aliphatic heterocycles. The largest absolute Gasteiger partial charge is 0.494 e. The first-order valence-corrected chi connectivity index (χ1v) is 8.88. The molecule has 0 saturated heterocycles. The Morgan fingerprint density at radius 2 is 1.63 bits per heavy atom. The van der Waals surface area contributed by atoms with Crippen LogP contribution in [0, 0.1) is 0 Å². The van der Waals surface area contributed by atoms with Gasteiger partial charge in [0.2, 0.25) is 0 Å². The van der Waals surface area contributed by atoms with E-state index in [1.54, 1.807) is 30.3 Å². The predicted molar refractivity (Wildman–Crippen MR) is 104 cm³/mol. The Morgan fingerprint density at radius 1 is 1.00 bits per heavy atom. The second kappa shape index (κ2) is 10.2. The Balaban J connectivity index is 1.87. The van der Waals surface area contributed by atoms with E-state index in [1.807, 2.05) is 38.1 Å². The number of carboxylic acids is 1. The topological polar surface area (TPSA) is 72.8 Å². The fourth-order valence-corrected chi connectivity index (χ4v) is 2.33. The highest BCUT2D eigenvalue weighted by Crippen LogP contribution is 2.16. The van der Waals surface area contributed by atoms with Crippen LogP contribution in [-0.2, 0) is 4.79 Å². The highest BCUT2D eigenvalue weighted by molar-refractivity contribution is 6.06. The van der Waals surface area contributed by atoms with Gasteiger partial charge in [0.05, 0.1) is 12.7 Å². The summed E-state index contributed by atoms with van der Waals surface area (Å²) in [5, 5.41) is 8.58. The van der Waals surface area contributed by atoms with Gasteiger partial charge in [-0.3, -0.25) is 9.59 Å². The second-order valence-corrected chi connectivity index (χ2v) is 6.30. The minimum atomic E-state index is -0.839. The van der Waals surface area contributed by atoms with Gasteiger partial charge in [-0.25, -0.2) is 0 Å². The summed E-state index contributed by atoms with van der Waals surface area (Å²) in [4.78, 5) is 22.7. The number of hydrogen-bond donors (Lipinski definition) is 1. The highest BCUT2D eigenvalue weighted by atomic mass is 16.5. The number of hydrogen-bond acceptors (Lipinski definition) is 4. The minimum absolute atomic E-state index is 0.0753. The van der Waals surface area contributed by atoms with E-state index in [4.69, 9.17) is 14.6 Å². The molecule has 142 valence electrons. The molecule has 2 aromatic rings. The van der Waals surface area contributed by atoms with E-state index >= 15 is 0 Å². The molecule has 5 nitrogen and oxygen atoms in total. The van der Waals surface area contributed by atoms with Crippen LogP contribution in [0.2, 0.25) is 0 Å². The lowest BCUT2D eigenvalue weighted by molar-refractivity contribution is -0.137. The molecule has 0 saturated carbocycles. The molecule has 0 fully saturated rings. The van der Waals surface area contributed by atoms with E-state index in [0.717, 1.165) is 11.3 Å². The minimum Gasteiger partial charge on any atom is -0.494 e. The molecule has 2 aromatic carbocycles. The number of rotatable bonds is 10. The maximum absolute atomic E-state index is 12.3. The zero-order valence-corrected chi connectivity index (χ0v) is 15.6. The summed E-state index contributed by atoms with van der Waals surface area (Å²) in [6, 6.07) is 14.4. The van der Waals surface area contributed by atoms with Crippen LogP contribution >= 0.6 is 0 Å². The molecule has 0 heterocycles. The van der Waals surface area contributed by atoms with Gasteiger partial charge in [-0.1, -0.05) is 18.2 Å². The molecule has 0 aromatic heterocycles. The van der Waals surface area contributed by atoms with Gasteiger partial charge in [-0.2, -0.15) is 0 Å². The van der Waals surface area contributed by atoms with Gasteiger partial charge in [0.1, 0.15) is 11.5 Å². The number of carbonyl (C=O) groups excluding carboxylic acids is 1. The van der Waals surface area contributed by atoms with Crippen molar-refractivity contribution in [3.8, 4) is 11.5 Å². The molecule has 0 atom stereocenters. The summed E-state index contributed by atoms with van der Waals surface area (Å²) in [5.74, 6) is 0.470. The van der Waals surface area contributed by atoms with E-state index < -0.39 is 5.97 Å². The van der Waals surface area contributed by atoms with Gasteiger partial charge in [-0.15, -0.1) is 0 Å².